The molecule has 6 nitrogen and oxygen atoms in total. The maximum Gasteiger partial charge on any atom is 0.261 e. The number of nitrogens with zero attached hydrogens (tertiary/aromatic N) is 1. The number of aromatic amines is 1. The normalized spacial score (nSPS) is 16.9. The van der Waals surface area contributed by atoms with Gasteiger partial charge in [-0.25, -0.2) is 4.98 Å². The summed E-state index contributed by atoms with van der Waals surface area (Å²) in [6.45, 7) is 1.23. The summed E-state index contributed by atoms with van der Waals surface area (Å²) >= 11 is 0. The second-order valence-corrected chi connectivity index (χ2v) is 6.00. The minimum Gasteiger partial charge on any atom is -0.490 e. The number of benzene rings is 2. The molecule has 2 N–H and O–H groups in total. The van der Waals surface area contributed by atoms with Crippen LogP contribution in [-0.2, 0) is 4.74 Å². The lowest BCUT2D eigenvalue weighted by molar-refractivity contribution is 0.0673. The number of nitrogens with one attached hydrogen (secondary N) is 2. The maximum absolute atomic E-state index is 12.6. The monoisotopic (exact) mass is 337 g/mol. The van der Waals surface area contributed by atoms with Crippen molar-refractivity contribution >= 4 is 22.9 Å². The summed E-state index contributed by atoms with van der Waals surface area (Å²) in [6, 6.07) is 14.8. The zero-order chi connectivity index (χ0) is 17.1. The Bertz CT molecular complexity index is 851. The molecule has 1 amide bonds. The summed E-state index contributed by atoms with van der Waals surface area (Å²) in [5, 5.41) is 2.80. The van der Waals surface area contributed by atoms with Gasteiger partial charge in [-0.05, 0) is 37.1 Å². The predicted octanol–water partition coefficient (Wildman–Crippen LogP) is 3.37. The van der Waals surface area contributed by atoms with Crippen molar-refractivity contribution in [3.8, 4) is 5.75 Å². The third-order valence-corrected chi connectivity index (χ3v) is 4.20. The van der Waals surface area contributed by atoms with Gasteiger partial charge in [0.2, 0.25) is 5.95 Å². The Morgan fingerprint density at radius 2 is 2.08 bits per heavy atom. The van der Waals surface area contributed by atoms with Crippen molar-refractivity contribution in [3.63, 3.8) is 0 Å². The fraction of sp³-hybridized carbons (Fsp3) is 0.263. The van der Waals surface area contributed by atoms with Gasteiger partial charge in [0.1, 0.15) is 12.4 Å². The molecule has 2 heterocycles. The number of carbonyl (C=O) groups is 1. The van der Waals surface area contributed by atoms with Crippen LogP contribution < -0.4 is 10.1 Å². The molecule has 1 fully saturated rings. The van der Waals surface area contributed by atoms with E-state index in [0.29, 0.717) is 23.9 Å². The SMILES string of the molecule is O=C(Nc1nc2ccccc2[nH]1)c1ccccc1OC[C@@H]1CCCO1. The number of fused-ring (bicyclic) bond motifs is 1. The first-order valence-corrected chi connectivity index (χ1v) is 8.39. The maximum atomic E-state index is 12.6. The van der Waals surface area contributed by atoms with Crippen molar-refractivity contribution < 1.29 is 14.3 Å². The number of para-hydroxylation sites is 3. The van der Waals surface area contributed by atoms with Gasteiger partial charge in [-0.1, -0.05) is 24.3 Å². The second-order valence-electron chi connectivity index (χ2n) is 6.00. The van der Waals surface area contributed by atoms with E-state index in [-0.39, 0.29) is 12.0 Å². The number of rotatable bonds is 5. The Hall–Kier alpha value is -2.86. The fourth-order valence-corrected chi connectivity index (χ4v) is 2.93. The number of imidazole rings is 1. The van der Waals surface area contributed by atoms with E-state index in [1.54, 1.807) is 12.1 Å². The van der Waals surface area contributed by atoms with E-state index in [4.69, 9.17) is 9.47 Å². The molecule has 1 atom stereocenters. The van der Waals surface area contributed by atoms with Gasteiger partial charge in [0.25, 0.3) is 5.91 Å². The van der Waals surface area contributed by atoms with E-state index < -0.39 is 0 Å². The molecule has 0 radical (unpaired) electrons. The first-order chi connectivity index (χ1) is 12.3. The van der Waals surface area contributed by atoms with Crippen molar-refractivity contribution in [2.45, 2.75) is 18.9 Å². The van der Waals surface area contributed by atoms with Crippen molar-refractivity contribution in [1.82, 2.24) is 9.97 Å². The van der Waals surface area contributed by atoms with E-state index in [9.17, 15) is 4.79 Å². The predicted molar refractivity (Wildman–Crippen MR) is 95.0 cm³/mol. The van der Waals surface area contributed by atoms with Crippen molar-refractivity contribution in [3.05, 3.63) is 54.1 Å². The van der Waals surface area contributed by atoms with Crippen molar-refractivity contribution in [2.24, 2.45) is 0 Å². The number of hydrogen-bond acceptors (Lipinski definition) is 4. The molecule has 0 unspecified atom stereocenters. The molecule has 1 aliphatic rings. The number of H-pyrrole nitrogens is 1. The highest BCUT2D eigenvalue weighted by molar-refractivity contribution is 6.05. The zero-order valence-corrected chi connectivity index (χ0v) is 13.7. The van der Waals surface area contributed by atoms with Crippen LogP contribution in [0.4, 0.5) is 5.95 Å². The lowest BCUT2D eigenvalue weighted by Crippen LogP contribution is -2.19. The van der Waals surface area contributed by atoms with Crippen LogP contribution in [0, 0.1) is 0 Å². The minimum absolute atomic E-state index is 0.103. The van der Waals surface area contributed by atoms with Crippen LogP contribution in [0.25, 0.3) is 11.0 Å². The number of aromatic nitrogens is 2. The molecular formula is C19H19N3O3. The van der Waals surface area contributed by atoms with Crippen LogP contribution in [0.1, 0.15) is 23.2 Å². The third kappa shape index (κ3) is 3.49. The van der Waals surface area contributed by atoms with Gasteiger partial charge in [0.15, 0.2) is 0 Å². The molecule has 1 aliphatic heterocycles. The van der Waals surface area contributed by atoms with Crippen molar-refractivity contribution in [1.29, 1.82) is 0 Å². The Balaban J connectivity index is 1.49. The number of hydrogen-bond donors (Lipinski definition) is 2. The molecule has 0 aliphatic carbocycles. The minimum atomic E-state index is -0.262. The number of ether oxygens (including phenoxy) is 2. The third-order valence-electron chi connectivity index (χ3n) is 4.20. The van der Waals surface area contributed by atoms with Crippen molar-refractivity contribution in [2.75, 3.05) is 18.5 Å². The topological polar surface area (TPSA) is 76.2 Å². The van der Waals surface area contributed by atoms with Gasteiger partial charge >= 0.3 is 0 Å². The summed E-state index contributed by atoms with van der Waals surface area (Å²) in [5.41, 5.74) is 2.15. The van der Waals surface area contributed by atoms with Crippen LogP contribution in [-0.4, -0.2) is 35.2 Å². The van der Waals surface area contributed by atoms with E-state index >= 15 is 0 Å². The molecule has 0 spiro atoms. The first kappa shape index (κ1) is 15.7. The van der Waals surface area contributed by atoms with Crippen LogP contribution in [0.15, 0.2) is 48.5 Å². The molecule has 128 valence electrons. The van der Waals surface area contributed by atoms with E-state index in [1.165, 1.54) is 0 Å². The summed E-state index contributed by atoms with van der Waals surface area (Å²) < 4.78 is 11.4. The van der Waals surface area contributed by atoms with Crippen LogP contribution in [0.3, 0.4) is 0 Å². The zero-order valence-electron chi connectivity index (χ0n) is 13.7. The number of amides is 1. The van der Waals surface area contributed by atoms with Gasteiger partial charge in [-0.3, -0.25) is 10.1 Å². The Kier molecular flexibility index (Phi) is 4.35. The molecule has 0 saturated carbocycles. The molecule has 25 heavy (non-hydrogen) atoms. The lowest BCUT2D eigenvalue weighted by atomic mass is 10.2. The van der Waals surface area contributed by atoms with Crippen LogP contribution in [0.5, 0.6) is 5.75 Å². The Morgan fingerprint density at radius 3 is 2.92 bits per heavy atom. The van der Waals surface area contributed by atoms with Gasteiger partial charge in [-0.2, -0.15) is 0 Å². The highest BCUT2D eigenvalue weighted by atomic mass is 16.5. The molecule has 6 heteroatoms. The molecule has 3 aromatic rings. The van der Waals surface area contributed by atoms with Crippen LogP contribution in [0.2, 0.25) is 0 Å². The highest BCUT2D eigenvalue weighted by Crippen LogP contribution is 2.22. The molecule has 4 rings (SSSR count). The smallest absolute Gasteiger partial charge is 0.261 e. The highest BCUT2D eigenvalue weighted by Gasteiger charge is 2.19. The Labute approximate surface area is 145 Å². The summed E-state index contributed by atoms with van der Waals surface area (Å²) in [5.74, 6) is 0.703. The molecule has 2 aromatic carbocycles. The first-order valence-electron chi connectivity index (χ1n) is 8.39. The molecule has 0 bridgehead atoms. The fourth-order valence-electron chi connectivity index (χ4n) is 2.93. The van der Waals surface area contributed by atoms with Gasteiger partial charge in [0, 0.05) is 6.61 Å². The molecular weight excluding hydrogens is 318 g/mol. The summed E-state index contributed by atoms with van der Waals surface area (Å²) in [4.78, 5) is 20.1. The second kappa shape index (κ2) is 6.94. The molecule has 1 aromatic heterocycles. The van der Waals surface area contributed by atoms with E-state index in [1.807, 2.05) is 36.4 Å². The van der Waals surface area contributed by atoms with E-state index in [0.717, 1.165) is 30.5 Å². The molecule has 1 saturated heterocycles. The average Bonchev–Trinajstić information content (AvgIpc) is 3.29. The number of carbonyl (C=O) groups excluding carboxylic acids is 1. The lowest BCUT2D eigenvalue weighted by Gasteiger charge is -2.14. The van der Waals surface area contributed by atoms with Gasteiger partial charge in [-0.15, -0.1) is 0 Å². The van der Waals surface area contributed by atoms with Crippen LogP contribution >= 0.6 is 0 Å². The summed E-state index contributed by atoms with van der Waals surface area (Å²) in [7, 11) is 0. The quantitative estimate of drug-likeness (QED) is 0.748. The standard InChI is InChI=1S/C19H19N3O3/c23-18(22-19-20-15-8-2-3-9-16(15)21-19)14-7-1-4-10-17(14)25-12-13-6-5-11-24-13/h1-4,7-10,13H,5-6,11-12H2,(H2,20,21,22,23)/t13-/m0/s1. The largest absolute Gasteiger partial charge is 0.490 e. The van der Waals surface area contributed by atoms with Gasteiger partial charge < -0.3 is 14.5 Å². The van der Waals surface area contributed by atoms with Gasteiger partial charge in [0.05, 0.1) is 22.7 Å². The van der Waals surface area contributed by atoms with E-state index in [2.05, 4.69) is 15.3 Å². The Morgan fingerprint density at radius 1 is 1.24 bits per heavy atom. The number of anilines is 1. The summed E-state index contributed by atoms with van der Waals surface area (Å²) in [6.07, 6.45) is 2.15. The average molecular weight is 337 g/mol.